The number of carbonyl (C=O) groups excluding carboxylic acids is 1. The molecule has 0 radical (unpaired) electrons. The van der Waals surface area contributed by atoms with Crippen LogP contribution in [0.2, 0.25) is 0 Å². The predicted octanol–water partition coefficient (Wildman–Crippen LogP) is 4.71. The van der Waals surface area contributed by atoms with E-state index in [4.69, 9.17) is 14.5 Å². The molecule has 0 bridgehead atoms. The lowest BCUT2D eigenvalue weighted by atomic mass is 9.97. The number of H-pyrrole nitrogens is 2. The monoisotopic (exact) mass is 468 g/mol. The van der Waals surface area contributed by atoms with Crippen LogP contribution in [-0.2, 0) is 9.47 Å². The third-order valence-electron chi connectivity index (χ3n) is 5.67. The number of nitrogens with zero attached hydrogens (tertiary/aromatic N) is 4. The van der Waals surface area contributed by atoms with Crippen LogP contribution in [0.25, 0.3) is 33.5 Å². The lowest BCUT2D eigenvalue weighted by molar-refractivity contribution is 0.0528. The third kappa shape index (κ3) is 4.41. The first-order chi connectivity index (χ1) is 17.2. The first kappa shape index (κ1) is 22.4. The van der Waals surface area contributed by atoms with Gasteiger partial charge < -0.3 is 14.5 Å². The maximum Gasteiger partial charge on any atom is 0.340 e. The van der Waals surface area contributed by atoms with Crippen molar-refractivity contribution in [3.8, 4) is 22.5 Å². The van der Waals surface area contributed by atoms with Crippen LogP contribution in [0.5, 0.6) is 0 Å². The van der Waals surface area contributed by atoms with Crippen LogP contribution in [-0.4, -0.2) is 49.8 Å². The molecule has 9 heteroatoms. The SMILES string of the molecule is CCOC(=O)c1cccc2nc(C(OCC)c3ccc(-c4ccccc4-c4nnn[nH]4)cc3)[nH]c12. The molecule has 1 atom stereocenters. The summed E-state index contributed by atoms with van der Waals surface area (Å²) in [5.41, 5.74) is 5.64. The summed E-state index contributed by atoms with van der Waals surface area (Å²) in [7, 11) is 0. The molecule has 2 heterocycles. The van der Waals surface area contributed by atoms with Gasteiger partial charge in [-0.25, -0.2) is 14.9 Å². The molecule has 0 saturated heterocycles. The van der Waals surface area contributed by atoms with E-state index < -0.39 is 6.10 Å². The molecule has 0 aliphatic heterocycles. The van der Waals surface area contributed by atoms with Crippen LogP contribution in [0, 0.1) is 0 Å². The van der Waals surface area contributed by atoms with Gasteiger partial charge in [0.15, 0.2) is 5.82 Å². The molecule has 5 aromatic rings. The first-order valence-electron chi connectivity index (χ1n) is 11.4. The summed E-state index contributed by atoms with van der Waals surface area (Å²) in [6, 6.07) is 21.4. The Morgan fingerprint density at radius 3 is 2.46 bits per heavy atom. The maximum absolute atomic E-state index is 12.4. The van der Waals surface area contributed by atoms with Gasteiger partial charge >= 0.3 is 5.97 Å². The van der Waals surface area contributed by atoms with Crippen LogP contribution >= 0.6 is 0 Å². The topological polar surface area (TPSA) is 119 Å². The molecule has 2 aromatic heterocycles. The van der Waals surface area contributed by atoms with Gasteiger partial charge in [0.25, 0.3) is 0 Å². The number of aromatic nitrogens is 6. The Balaban J connectivity index is 1.50. The van der Waals surface area contributed by atoms with Gasteiger partial charge in [-0.1, -0.05) is 54.6 Å². The second-order valence-electron chi connectivity index (χ2n) is 7.80. The van der Waals surface area contributed by atoms with Gasteiger partial charge in [-0.2, -0.15) is 0 Å². The Morgan fingerprint density at radius 1 is 0.943 bits per heavy atom. The first-order valence-corrected chi connectivity index (χ1v) is 11.4. The minimum absolute atomic E-state index is 0.306. The highest BCUT2D eigenvalue weighted by Crippen LogP contribution is 2.32. The molecular formula is C26H24N6O3. The van der Waals surface area contributed by atoms with E-state index in [1.807, 2.05) is 61.5 Å². The Bertz CT molecular complexity index is 1440. The smallest absolute Gasteiger partial charge is 0.340 e. The van der Waals surface area contributed by atoms with Crippen molar-refractivity contribution < 1.29 is 14.3 Å². The zero-order valence-electron chi connectivity index (χ0n) is 19.4. The highest BCUT2D eigenvalue weighted by Gasteiger charge is 2.21. The number of esters is 1. The van der Waals surface area contributed by atoms with E-state index in [1.165, 1.54) is 0 Å². The normalized spacial score (nSPS) is 12.1. The van der Waals surface area contributed by atoms with Crippen molar-refractivity contribution in [3.05, 3.63) is 83.7 Å². The molecule has 5 rings (SSSR count). The van der Waals surface area contributed by atoms with Crippen LogP contribution in [0.3, 0.4) is 0 Å². The maximum atomic E-state index is 12.4. The average Bonchev–Trinajstić information content (AvgIpc) is 3.58. The summed E-state index contributed by atoms with van der Waals surface area (Å²) in [6.07, 6.45) is -0.426. The van der Waals surface area contributed by atoms with E-state index in [9.17, 15) is 4.79 Å². The molecular weight excluding hydrogens is 444 g/mol. The van der Waals surface area contributed by atoms with Crippen LogP contribution in [0.15, 0.2) is 66.7 Å². The van der Waals surface area contributed by atoms with Crippen molar-refractivity contribution in [2.45, 2.75) is 20.0 Å². The lowest BCUT2D eigenvalue weighted by Gasteiger charge is -2.16. The number of hydrogen-bond donors (Lipinski definition) is 2. The molecule has 35 heavy (non-hydrogen) atoms. The number of tetrazole rings is 1. The number of ether oxygens (including phenoxy) is 2. The van der Waals surface area contributed by atoms with E-state index in [0.29, 0.717) is 41.5 Å². The Morgan fingerprint density at radius 2 is 1.74 bits per heavy atom. The Hall–Kier alpha value is -4.37. The molecule has 0 aliphatic carbocycles. The van der Waals surface area contributed by atoms with Gasteiger partial charge in [-0.05, 0) is 53.1 Å². The van der Waals surface area contributed by atoms with E-state index in [1.54, 1.807) is 19.1 Å². The molecule has 0 aliphatic rings. The molecule has 0 spiro atoms. The second kappa shape index (κ2) is 9.86. The summed E-state index contributed by atoms with van der Waals surface area (Å²) in [5, 5.41) is 14.3. The number of fused-ring (bicyclic) bond motifs is 1. The molecule has 9 nitrogen and oxygen atoms in total. The quantitative estimate of drug-likeness (QED) is 0.317. The van der Waals surface area contributed by atoms with Gasteiger partial charge in [0.05, 0.1) is 23.2 Å². The molecule has 0 saturated carbocycles. The number of hydrogen-bond acceptors (Lipinski definition) is 7. The molecule has 3 aromatic carbocycles. The predicted molar refractivity (Wildman–Crippen MR) is 131 cm³/mol. The number of aromatic amines is 2. The minimum Gasteiger partial charge on any atom is -0.462 e. The van der Waals surface area contributed by atoms with E-state index >= 15 is 0 Å². The average molecular weight is 469 g/mol. The largest absolute Gasteiger partial charge is 0.462 e. The summed E-state index contributed by atoms with van der Waals surface area (Å²) in [5.74, 6) is 0.849. The zero-order chi connectivity index (χ0) is 24.2. The Labute approximate surface area is 201 Å². The van der Waals surface area contributed by atoms with Gasteiger partial charge in [-0.3, -0.25) is 0 Å². The standard InChI is InChI=1S/C26H24N6O3/c1-3-34-23(25-27-21-11-7-10-20(22(21)28-25)26(33)35-4-2)17-14-12-16(13-15-17)18-8-5-6-9-19(18)24-29-31-32-30-24/h5-15,23H,3-4H2,1-2H3,(H,27,28)(H,29,30,31,32). The van der Waals surface area contributed by atoms with Gasteiger partial charge in [-0.15, -0.1) is 5.10 Å². The number of rotatable bonds is 8. The highest BCUT2D eigenvalue weighted by molar-refractivity contribution is 6.02. The van der Waals surface area contributed by atoms with Crippen LogP contribution in [0.1, 0.15) is 41.7 Å². The van der Waals surface area contributed by atoms with Crippen molar-refractivity contribution in [1.82, 2.24) is 30.6 Å². The molecule has 0 fully saturated rings. The summed E-state index contributed by atoms with van der Waals surface area (Å²) in [6.45, 7) is 4.53. The van der Waals surface area contributed by atoms with Gasteiger partial charge in [0.2, 0.25) is 0 Å². The number of imidazole rings is 1. The van der Waals surface area contributed by atoms with Crippen LogP contribution in [0.4, 0.5) is 0 Å². The lowest BCUT2D eigenvalue weighted by Crippen LogP contribution is -2.08. The number of carbonyl (C=O) groups is 1. The van der Waals surface area contributed by atoms with Crippen molar-refractivity contribution >= 4 is 17.0 Å². The number of para-hydroxylation sites is 1. The third-order valence-corrected chi connectivity index (χ3v) is 5.67. The summed E-state index contributed by atoms with van der Waals surface area (Å²) in [4.78, 5) is 20.4. The van der Waals surface area contributed by atoms with Gasteiger partial charge in [0.1, 0.15) is 11.9 Å². The fourth-order valence-corrected chi connectivity index (χ4v) is 4.11. The summed E-state index contributed by atoms with van der Waals surface area (Å²) < 4.78 is 11.3. The number of nitrogens with one attached hydrogen (secondary N) is 2. The molecule has 2 N–H and O–H groups in total. The van der Waals surface area contributed by atoms with Crippen molar-refractivity contribution in [3.63, 3.8) is 0 Å². The van der Waals surface area contributed by atoms with Crippen LogP contribution < -0.4 is 0 Å². The van der Waals surface area contributed by atoms with Crippen molar-refractivity contribution in [2.75, 3.05) is 13.2 Å². The number of benzene rings is 3. The summed E-state index contributed by atoms with van der Waals surface area (Å²) >= 11 is 0. The molecule has 1 unspecified atom stereocenters. The molecule has 0 amide bonds. The van der Waals surface area contributed by atoms with E-state index in [0.717, 1.165) is 22.3 Å². The van der Waals surface area contributed by atoms with Crippen molar-refractivity contribution in [2.24, 2.45) is 0 Å². The minimum atomic E-state index is -0.426. The fraction of sp³-hybridized carbons (Fsp3) is 0.192. The van der Waals surface area contributed by atoms with Gasteiger partial charge in [0, 0.05) is 12.2 Å². The van der Waals surface area contributed by atoms with Crippen molar-refractivity contribution in [1.29, 1.82) is 0 Å². The fourth-order valence-electron chi connectivity index (χ4n) is 4.11. The Kier molecular flexibility index (Phi) is 6.32. The molecule has 176 valence electrons. The van der Waals surface area contributed by atoms with E-state index in [-0.39, 0.29) is 5.97 Å². The van der Waals surface area contributed by atoms with E-state index in [2.05, 4.69) is 25.6 Å². The zero-order valence-corrected chi connectivity index (χ0v) is 19.4. The second-order valence-corrected chi connectivity index (χ2v) is 7.80. The highest BCUT2D eigenvalue weighted by atomic mass is 16.5.